The second-order valence-corrected chi connectivity index (χ2v) is 6.43. The molecule has 0 N–H and O–H groups in total. The van der Waals surface area contributed by atoms with Crippen LogP contribution in [0.4, 0.5) is 0 Å². The smallest absolute Gasteiger partial charge is 0.340 e. The third-order valence-electron chi connectivity index (χ3n) is 4.09. The Balaban J connectivity index is 2.44. The van der Waals surface area contributed by atoms with Gasteiger partial charge in [-0.3, -0.25) is 4.79 Å². The van der Waals surface area contributed by atoms with E-state index in [-0.39, 0.29) is 17.4 Å². The molecule has 0 radical (unpaired) electrons. The lowest BCUT2D eigenvalue weighted by atomic mass is 10.0. The molecule has 1 aromatic rings. The standard InChI is InChI=1S/C20H23NO5/c1-12(2)11-21-13(3)17(20(24)26-5)16(18(21)22)10-14-6-8-15(9-7-14)19(23)25-4/h6-10,12H,11H2,1-5H3/b16-10-. The van der Waals surface area contributed by atoms with Crippen molar-refractivity contribution in [3.63, 3.8) is 0 Å². The van der Waals surface area contributed by atoms with E-state index >= 15 is 0 Å². The molecule has 1 amide bonds. The fourth-order valence-electron chi connectivity index (χ4n) is 2.81. The van der Waals surface area contributed by atoms with Gasteiger partial charge in [-0.25, -0.2) is 9.59 Å². The molecule has 1 heterocycles. The number of hydrogen-bond donors (Lipinski definition) is 0. The average molecular weight is 357 g/mol. The molecule has 0 unspecified atom stereocenters. The lowest BCUT2D eigenvalue weighted by Crippen LogP contribution is -2.28. The molecule has 0 atom stereocenters. The van der Waals surface area contributed by atoms with Crippen molar-refractivity contribution in [3.8, 4) is 0 Å². The largest absolute Gasteiger partial charge is 0.465 e. The number of rotatable bonds is 5. The lowest BCUT2D eigenvalue weighted by molar-refractivity contribution is -0.136. The summed E-state index contributed by atoms with van der Waals surface area (Å²) in [6, 6.07) is 6.61. The zero-order valence-electron chi connectivity index (χ0n) is 15.7. The third-order valence-corrected chi connectivity index (χ3v) is 4.09. The van der Waals surface area contributed by atoms with Gasteiger partial charge in [0.05, 0.1) is 30.9 Å². The van der Waals surface area contributed by atoms with Crippen LogP contribution >= 0.6 is 0 Å². The highest BCUT2D eigenvalue weighted by Crippen LogP contribution is 2.32. The van der Waals surface area contributed by atoms with Gasteiger partial charge in [0.2, 0.25) is 0 Å². The van der Waals surface area contributed by atoms with Gasteiger partial charge in [-0.05, 0) is 36.6 Å². The van der Waals surface area contributed by atoms with Gasteiger partial charge in [0, 0.05) is 12.2 Å². The van der Waals surface area contributed by atoms with Crippen LogP contribution in [0.1, 0.15) is 36.7 Å². The Bertz CT molecular complexity index is 787. The molecular weight excluding hydrogens is 334 g/mol. The number of benzene rings is 1. The number of carbonyl (C=O) groups is 3. The molecule has 2 rings (SSSR count). The summed E-state index contributed by atoms with van der Waals surface area (Å²) in [4.78, 5) is 38.2. The highest BCUT2D eigenvalue weighted by atomic mass is 16.5. The highest BCUT2D eigenvalue weighted by Gasteiger charge is 2.37. The Hall–Kier alpha value is -2.89. The van der Waals surface area contributed by atoms with Crippen molar-refractivity contribution in [3.05, 3.63) is 52.2 Å². The number of amides is 1. The van der Waals surface area contributed by atoms with Crippen molar-refractivity contribution < 1.29 is 23.9 Å². The first kappa shape index (κ1) is 19.4. The Kier molecular flexibility index (Phi) is 5.97. The van der Waals surface area contributed by atoms with Crippen LogP contribution in [-0.4, -0.2) is 43.5 Å². The molecule has 0 aromatic heterocycles. The number of carbonyl (C=O) groups excluding carboxylic acids is 3. The third kappa shape index (κ3) is 3.85. The van der Waals surface area contributed by atoms with Gasteiger partial charge in [-0.1, -0.05) is 26.0 Å². The zero-order valence-corrected chi connectivity index (χ0v) is 15.7. The van der Waals surface area contributed by atoms with E-state index in [1.807, 2.05) is 13.8 Å². The van der Waals surface area contributed by atoms with E-state index in [2.05, 4.69) is 4.74 Å². The van der Waals surface area contributed by atoms with E-state index < -0.39 is 11.9 Å². The topological polar surface area (TPSA) is 72.9 Å². The molecule has 0 saturated heterocycles. The Morgan fingerprint density at radius 3 is 2.15 bits per heavy atom. The van der Waals surface area contributed by atoms with Crippen molar-refractivity contribution in [1.82, 2.24) is 4.90 Å². The van der Waals surface area contributed by atoms with Crippen LogP contribution in [0.15, 0.2) is 41.1 Å². The van der Waals surface area contributed by atoms with Crippen LogP contribution in [0.2, 0.25) is 0 Å². The first-order chi connectivity index (χ1) is 12.3. The van der Waals surface area contributed by atoms with Crippen LogP contribution in [0.25, 0.3) is 6.08 Å². The maximum absolute atomic E-state index is 12.8. The van der Waals surface area contributed by atoms with Crippen molar-refractivity contribution in [1.29, 1.82) is 0 Å². The van der Waals surface area contributed by atoms with Gasteiger partial charge in [-0.15, -0.1) is 0 Å². The summed E-state index contributed by atoms with van der Waals surface area (Å²) >= 11 is 0. The predicted octanol–water partition coefficient (Wildman–Crippen LogP) is 2.80. The van der Waals surface area contributed by atoms with E-state index in [0.717, 1.165) is 0 Å². The molecule has 0 aliphatic carbocycles. The van der Waals surface area contributed by atoms with E-state index in [1.165, 1.54) is 14.2 Å². The van der Waals surface area contributed by atoms with Crippen molar-refractivity contribution in [2.75, 3.05) is 20.8 Å². The second kappa shape index (κ2) is 7.99. The fourth-order valence-corrected chi connectivity index (χ4v) is 2.81. The fraction of sp³-hybridized carbons (Fsp3) is 0.350. The van der Waals surface area contributed by atoms with Gasteiger partial charge in [0.15, 0.2) is 0 Å². The summed E-state index contributed by atoms with van der Waals surface area (Å²) < 4.78 is 9.53. The van der Waals surface area contributed by atoms with E-state index in [9.17, 15) is 14.4 Å². The van der Waals surface area contributed by atoms with Crippen LogP contribution < -0.4 is 0 Å². The van der Waals surface area contributed by atoms with Crippen LogP contribution in [-0.2, 0) is 19.1 Å². The maximum atomic E-state index is 12.8. The Labute approximate surface area is 153 Å². The molecule has 1 aliphatic heterocycles. The summed E-state index contributed by atoms with van der Waals surface area (Å²) in [6.07, 6.45) is 1.64. The van der Waals surface area contributed by atoms with Crippen molar-refractivity contribution in [2.24, 2.45) is 5.92 Å². The molecule has 6 nitrogen and oxygen atoms in total. The molecule has 138 valence electrons. The Morgan fingerprint density at radius 2 is 1.65 bits per heavy atom. The molecule has 6 heteroatoms. The van der Waals surface area contributed by atoms with Crippen LogP contribution in [0, 0.1) is 5.92 Å². The maximum Gasteiger partial charge on any atom is 0.340 e. The molecule has 0 spiro atoms. The van der Waals surface area contributed by atoms with Gasteiger partial charge in [-0.2, -0.15) is 0 Å². The van der Waals surface area contributed by atoms with E-state index in [0.29, 0.717) is 28.9 Å². The number of allylic oxidation sites excluding steroid dienone is 1. The highest BCUT2D eigenvalue weighted by molar-refractivity contribution is 6.16. The summed E-state index contributed by atoms with van der Waals surface area (Å²) in [6.45, 7) is 6.27. The number of ether oxygens (including phenoxy) is 2. The zero-order chi connectivity index (χ0) is 19.4. The molecule has 1 aromatic carbocycles. The molecule has 0 saturated carbocycles. The average Bonchev–Trinajstić information content (AvgIpc) is 2.85. The summed E-state index contributed by atoms with van der Waals surface area (Å²) in [5.41, 5.74) is 2.26. The normalized spacial score (nSPS) is 15.8. The molecule has 0 bridgehead atoms. The summed E-state index contributed by atoms with van der Waals surface area (Å²) in [7, 11) is 2.61. The molecule has 1 aliphatic rings. The minimum absolute atomic E-state index is 0.228. The van der Waals surface area contributed by atoms with Crippen LogP contribution in [0.5, 0.6) is 0 Å². The predicted molar refractivity (Wildman–Crippen MR) is 97.0 cm³/mol. The SMILES string of the molecule is COC(=O)C1=C(C)N(CC(C)C)C(=O)/C1=C\c1ccc(C(=O)OC)cc1. The van der Waals surface area contributed by atoms with Gasteiger partial charge >= 0.3 is 11.9 Å². The number of hydrogen-bond acceptors (Lipinski definition) is 5. The quantitative estimate of drug-likeness (QED) is 0.598. The minimum atomic E-state index is -0.542. The molecule has 0 fully saturated rings. The lowest BCUT2D eigenvalue weighted by Gasteiger charge is -2.19. The Morgan fingerprint density at radius 1 is 1.08 bits per heavy atom. The number of methoxy groups -OCH3 is 2. The van der Waals surface area contributed by atoms with Gasteiger partial charge in [0.1, 0.15) is 0 Å². The first-order valence-electron chi connectivity index (χ1n) is 8.31. The molecular formula is C20H23NO5. The second-order valence-electron chi connectivity index (χ2n) is 6.43. The molecule has 26 heavy (non-hydrogen) atoms. The van der Waals surface area contributed by atoms with Crippen molar-refractivity contribution in [2.45, 2.75) is 20.8 Å². The summed E-state index contributed by atoms with van der Waals surface area (Å²) in [5, 5.41) is 0. The van der Waals surface area contributed by atoms with E-state index in [4.69, 9.17) is 4.74 Å². The van der Waals surface area contributed by atoms with E-state index in [1.54, 1.807) is 42.2 Å². The minimum Gasteiger partial charge on any atom is -0.465 e. The summed E-state index contributed by atoms with van der Waals surface area (Å²) in [5.74, 6) is -0.949. The van der Waals surface area contributed by atoms with Gasteiger partial charge < -0.3 is 14.4 Å². The number of esters is 2. The van der Waals surface area contributed by atoms with Gasteiger partial charge in [0.25, 0.3) is 5.91 Å². The van der Waals surface area contributed by atoms with Crippen molar-refractivity contribution >= 4 is 23.9 Å². The number of nitrogens with zero attached hydrogens (tertiary/aromatic N) is 1. The first-order valence-corrected chi connectivity index (χ1v) is 8.31. The monoisotopic (exact) mass is 357 g/mol. The van der Waals surface area contributed by atoms with Crippen LogP contribution in [0.3, 0.4) is 0 Å².